The molecule has 3 nitrogen and oxygen atoms in total. The van der Waals surface area contributed by atoms with E-state index in [0.29, 0.717) is 5.56 Å². The van der Waals surface area contributed by atoms with Gasteiger partial charge in [0.05, 0.1) is 17.2 Å². The summed E-state index contributed by atoms with van der Waals surface area (Å²) in [6.45, 7) is -0.245. The minimum absolute atomic E-state index is 0.0141. The molecule has 0 heterocycles. The smallest absolute Gasteiger partial charge is 0.348 e. The predicted molar refractivity (Wildman–Crippen MR) is 73.8 cm³/mol. The first-order valence-electron chi connectivity index (χ1n) is 6.35. The average Bonchev–Trinajstić information content (AvgIpc) is 2.52. The molecule has 0 aromatic heterocycles. The van der Waals surface area contributed by atoms with E-state index in [9.17, 15) is 18.0 Å². The lowest BCUT2D eigenvalue weighted by Crippen LogP contribution is -2.24. The first kappa shape index (κ1) is 15.6. The van der Waals surface area contributed by atoms with E-state index in [1.165, 1.54) is 42.5 Å². The van der Waals surface area contributed by atoms with Crippen LogP contribution < -0.4 is 5.32 Å². The van der Waals surface area contributed by atoms with Crippen molar-refractivity contribution in [2.45, 2.75) is 12.7 Å². The lowest BCUT2D eigenvalue weighted by atomic mass is 10.1. The van der Waals surface area contributed by atoms with Crippen molar-refractivity contribution in [3.8, 4) is 6.07 Å². The summed E-state index contributed by atoms with van der Waals surface area (Å²) in [4.78, 5) is 11.9. The number of carbonyl (C=O) groups is 1. The molecule has 0 radical (unpaired) electrons. The Morgan fingerprint density at radius 2 is 1.86 bits per heavy atom. The van der Waals surface area contributed by atoms with Gasteiger partial charge in [-0.05, 0) is 29.8 Å². The third-order valence-corrected chi connectivity index (χ3v) is 3.02. The number of benzene rings is 2. The molecule has 6 heteroatoms. The summed E-state index contributed by atoms with van der Waals surface area (Å²) >= 11 is 0. The molecule has 0 aliphatic rings. The van der Waals surface area contributed by atoms with Crippen LogP contribution in [0, 0.1) is 11.3 Å². The molecule has 0 saturated heterocycles. The standard InChI is InChI=1S/C16H11F3N2O/c17-16(18,19)14-7-2-1-5-13(14)10-21-15(22)12-6-3-4-11(8-12)9-20/h1-8H,10H2,(H,21,22). The molecule has 0 atom stereocenters. The van der Waals surface area contributed by atoms with E-state index in [-0.39, 0.29) is 17.7 Å². The Balaban J connectivity index is 2.14. The number of alkyl halides is 3. The molecular formula is C16H11F3N2O. The van der Waals surface area contributed by atoms with Gasteiger partial charge in [0, 0.05) is 12.1 Å². The molecule has 0 aliphatic heterocycles. The second kappa shape index (κ2) is 6.31. The first-order chi connectivity index (χ1) is 10.4. The Morgan fingerprint density at radius 3 is 2.55 bits per heavy atom. The molecule has 2 rings (SSSR count). The second-order valence-corrected chi connectivity index (χ2v) is 4.53. The second-order valence-electron chi connectivity index (χ2n) is 4.53. The van der Waals surface area contributed by atoms with Crippen molar-refractivity contribution in [3.63, 3.8) is 0 Å². The van der Waals surface area contributed by atoms with E-state index in [0.717, 1.165) is 6.07 Å². The maximum absolute atomic E-state index is 12.8. The number of hydrogen-bond acceptors (Lipinski definition) is 2. The topological polar surface area (TPSA) is 52.9 Å². The first-order valence-corrected chi connectivity index (χ1v) is 6.35. The van der Waals surface area contributed by atoms with Crippen molar-refractivity contribution >= 4 is 5.91 Å². The van der Waals surface area contributed by atoms with Gasteiger partial charge in [0.25, 0.3) is 5.91 Å². The normalized spacial score (nSPS) is 10.8. The fraction of sp³-hybridized carbons (Fsp3) is 0.125. The Morgan fingerprint density at radius 1 is 1.14 bits per heavy atom. The molecule has 0 spiro atoms. The Hall–Kier alpha value is -2.81. The maximum Gasteiger partial charge on any atom is 0.416 e. The third kappa shape index (κ3) is 3.64. The maximum atomic E-state index is 12.8. The van der Waals surface area contributed by atoms with Crippen molar-refractivity contribution in [2.75, 3.05) is 0 Å². The number of amides is 1. The zero-order valence-corrected chi connectivity index (χ0v) is 11.3. The van der Waals surface area contributed by atoms with E-state index in [2.05, 4.69) is 5.32 Å². The molecule has 22 heavy (non-hydrogen) atoms. The highest BCUT2D eigenvalue weighted by atomic mass is 19.4. The van der Waals surface area contributed by atoms with Crippen LogP contribution in [0.1, 0.15) is 27.0 Å². The molecule has 2 aromatic carbocycles. The highest BCUT2D eigenvalue weighted by molar-refractivity contribution is 5.94. The minimum Gasteiger partial charge on any atom is -0.348 e. The Kier molecular flexibility index (Phi) is 4.47. The average molecular weight is 304 g/mol. The van der Waals surface area contributed by atoms with Gasteiger partial charge in [-0.2, -0.15) is 18.4 Å². The summed E-state index contributed by atoms with van der Waals surface area (Å²) in [5, 5.41) is 11.2. The number of nitriles is 1. The van der Waals surface area contributed by atoms with Crippen LogP contribution >= 0.6 is 0 Å². The highest BCUT2D eigenvalue weighted by Crippen LogP contribution is 2.31. The lowest BCUT2D eigenvalue weighted by Gasteiger charge is -2.13. The molecule has 0 aliphatic carbocycles. The number of nitrogens with one attached hydrogen (secondary N) is 1. The summed E-state index contributed by atoms with van der Waals surface area (Å²) in [6.07, 6.45) is -4.47. The van der Waals surface area contributed by atoms with Gasteiger partial charge in [-0.3, -0.25) is 4.79 Å². The van der Waals surface area contributed by atoms with Crippen LogP contribution in [0.5, 0.6) is 0 Å². The van der Waals surface area contributed by atoms with Crippen LogP contribution in [0.4, 0.5) is 13.2 Å². The highest BCUT2D eigenvalue weighted by Gasteiger charge is 2.32. The molecule has 0 bridgehead atoms. The van der Waals surface area contributed by atoms with Gasteiger partial charge < -0.3 is 5.32 Å². The van der Waals surface area contributed by atoms with Gasteiger partial charge in [-0.1, -0.05) is 24.3 Å². The van der Waals surface area contributed by atoms with E-state index in [1.807, 2.05) is 6.07 Å². The lowest BCUT2D eigenvalue weighted by molar-refractivity contribution is -0.138. The van der Waals surface area contributed by atoms with Gasteiger partial charge in [0.2, 0.25) is 0 Å². The molecule has 0 unspecified atom stereocenters. The van der Waals surface area contributed by atoms with E-state index < -0.39 is 17.6 Å². The zero-order chi connectivity index (χ0) is 16.2. The van der Waals surface area contributed by atoms with Crippen molar-refractivity contribution in [1.82, 2.24) is 5.32 Å². The van der Waals surface area contributed by atoms with Crippen molar-refractivity contribution in [3.05, 3.63) is 70.8 Å². The fourth-order valence-electron chi connectivity index (χ4n) is 1.96. The number of nitrogens with zero attached hydrogens (tertiary/aromatic N) is 1. The van der Waals surface area contributed by atoms with Crippen LogP contribution in [-0.4, -0.2) is 5.91 Å². The molecule has 0 fully saturated rings. The Labute approximate surface area is 125 Å². The van der Waals surface area contributed by atoms with Gasteiger partial charge >= 0.3 is 6.18 Å². The zero-order valence-electron chi connectivity index (χ0n) is 11.3. The molecule has 2 aromatic rings. The molecule has 0 saturated carbocycles. The molecule has 1 N–H and O–H groups in total. The molecule has 112 valence electrons. The Bertz CT molecular complexity index is 733. The van der Waals surface area contributed by atoms with Crippen LogP contribution in [0.25, 0.3) is 0 Å². The summed E-state index contributed by atoms with van der Waals surface area (Å²) in [5.74, 6) is -0.533. The number of hydrogen-bond donors (Lipinski definition) is 1. The fourth-order valence-corrected chi connectivity index (χ4v) is 1.96. The van der Waals surface area contributed by atoms with Crippen LogP contribution in [-0.2, 0) is 12.7 Å². The van der Waals surface area contributed by atoms with Crippen molar-refractivity contribution in [2.24, 2.45) is 0 Å². The quantitative estimate of drug-likeness (QED) is 0.943. The number of halogens is 3. The van der Waals surface area contributed by atoms with Crippen LogP contribution in [0.15, 0.2) is 48.5 Å². The van der Waals surface area contributed by atoms with E-state index in [1.54, 1.807) is 0 Å². The molecular weight excluding hydrogens is 293 g/mol. The van der Waals surface area contributed by atoms with Crippen molar-refractivity contribution < 1.29 is 18.0 Å². The summed E-state index contributed by atoms with van der Waals surface area (Å²) < 4.78 is 38.5. The van der Waals surface area contributed by atoms with E-state index in [4.69, 9.17) is 5.26 Å². The largest absolute Gasteiger partial charge is 0.416 e. The van der Waals surface area contributed by atoms with Crippen molar-refractivity contribution in [1.29, 1.82) is 5.26 Å². The van der Waals surface area contributed by atoms with Gasteiger partial charge in [-0.25, -0.2) is 0 Å². The SMILES string of the molecule is N#Cc1cccc(C(=O)NCc2ccccc2C(F)(F)F)c1. The predicted octanol–water partition coefficient (Wildman–Crippen LogP) is 3.51. The summed E-state index contributed by atoms with van der Waals surface area (Å²) in [7, 11) is 0. The monoisotopic (exact) mass is 304 g/mol. The van der Waals surface area contributed by atoms with E-state index >= 15 is 0 Å². The van der Waals surface area contributed by atoms with Crippen LogP contribution in [0.2, 0.25) is 0 Å². The molecule has 1 amide bonds. The summed E-state index contributed by atoms with van der Waals surface area (Å²) in [6, 6.07) is 12.9. The van der Waals surface area contributed by atoms with Gasteiger partial charge in [0.15, 0.2) is 0 Å². The number of rotatable bonds is 3. The summed E-state index contributed by atoms with van der Waals surface area (Å²) in [5.41, 5.74) is -0.257. The third-order valence-electron chi connectivity index (χ3n) is 3.02. The van der Waals surface area contributed by atoms with Gasteiger partial charge in [-0.15, -0.1) is 0 Å². The number of carbonyl (C=O) groups excluding carboxylic acids is 1. The van der Waals surface area contributed by atoms with Crippen LogP contribution in [0.3, 0.4) is 0 Å². The minimum atomic E-state index is -4.47. The van der Waals surface area contributed by atoms with Gasteiger partial charge in [0.1, 0.15) is 0 Å².